The summed E-state index contributed by atoms with van der Waals surface area (Å²) in [5.41, 5.74) is 5.53. The standard InChI is InChI=1S/C16H20N2OS/c1-2-8-17-15(14-10-20-11-18-14)13-7-3-5-12-6-4-9-19-16(12)13/h3,5,7,10-11,15,17H,2,4,6,8-9H2,1H3. The summed E-state index contributed by atoms with van der Waals surface area (Å²) in [6.45, 7) is 3.98. The molecular weight excluding hydrogens is 268 g/mol. The summed E-state index contributed by atoms with van der Waals surface area (Å²) < 4.78 is 5.95. The third-order valence-electron chi connectivity index (χ3n) is 3.62. The largest absolute Gasteiger partial charge is 0.493 e. The fraction of sp³-hybridized carbons (Fsp3) is 0.438. The summed E-state index contributed by atoms with van der Waals surface area (Å²) in [4.78, 5) is 4.50. The second-order valence-corrected chi connectivity index (χ2v) is 5.81. The van der Waals surface area contributed by atoms with Crippen molar-refractivity contribution < 1.29 is 4.74 Å². The van der Waals surface area contributed by atoms with Gasteiger partial charge in [-0.25, -0.2) is 4.98 Å². The van der Waals surface area contributed by atoms with E-state index in [1.807, 2.05) is 5.51 Å². The highest BCUT2D eigenvalue weighted by molar-refractivity contribution is 7.07. The summed E-state index contributed by atoms with van der Waals surface area (Å²) in [5, 5.41) is 5.72. The van der Waals surface area contributed by atoms with Gasteiger partial charge in [-0.05, 0) is 31.4 Å². The molecule has 20 heavy (non-hydrogen) atoms. The molecule has 0 saturated heterocycles. The van der Waals surface area contributed by atoms with Gasteiger partial charge in [0.25, 0.3) is 0 Å². The number of fused-ring (bicyclic) bond motifs is 1. The molecule has 0 amide bonds. The maximum atomic E-state index is 5.95. The molecule has 1 aromatic carbocycles. The average Bonchev–Trinajstić information content (AvgIpc) is 3.02. The normalized spacial score (nSPS) is 15.4. The van der Waals surface area contributed by atoms with Crippen LogP contribution in [0.4, 0.5) is 0 Å². The van der Waals surface area contributed by atoms with Gasteiger partial charge in [0.15, 0.2) is 0 Å². The molecule has 1 N–H and O–H groups in total. The van der Waals surface area contributed by atoms with Crippen molar-refractivity contribution >= 4 is 11.3 Å². The maximum absolute atomic E-state index is 5.95. The molecule has 1 atom stereocenters. The van der Waals surface area contributed by atoms with Crippen LogP contribution in [0.1, 0.15) is 42.6 Å². The molecule has 2 aromatic rings. The molecule has 0 radical (unpaired) electrons. The van der Waals surface area contributed by atoms with Crippen molar-refractivity contribution in [2.75, 3.05) is 13.2 Å². The zero-order valence-electron chi connectivity index (χ0n) is 11.8. The summed E-state index contributed by atoms with van der Waals surface area (Å²) in [7, 11) is 0. The van der Waals surface area contributed by atoms with Crippen LogP contribution in [0, 0.1) is 0 Å². The fourth-order valence-corrected chi connectivity index (χ4v) is 3.25. The zero-order chi connectivity index (χ0) is 13.8. The Kier molecular flexibility index (Phi) is 4.33. The molecule has 4 heteroatoms. The van der Waals surface area contributed by atoms with Crippen LogP contribution in [0.3, 0.4) is 0 Å². The van der Waals surface area contributed by atoms with E-state index in [0.29, 0.717) is 0 Å². The van der Waals surface area contributed by atoms with E-state index in [2.05, 4.69) is 40.8 Å². The molecule has 1 aliphatic rings. The molecule has 106 valence electrons. The Morgan fingerprint density at radius 2 is 2.40 bits per heavy atom. The van der Waals surface area contributed by atoms with Crippen molar-refractivity contribution in [2.24, 2.45) is 0 Å². The lowest BCUT2D eigenvalue weighted by molar-refractivity contribution is 0.283. The van der Waals surface area contributed by atoms with E-state index in [0.717, 1.165) is 43.9 Å². The maximum Gasteiger partial charge on any atom is 0.127 e. The Labute approximate surface area is 124 Å². The minimum absolute atomic E-state index is 0.134. The number of nitrogens with zero attached hydrogens (tertiary/aromatic N) is 1. The molecule has 1 aliphatic heterocycles. The number of hydrogen-bond donors (Lipinski definition) is 1. The number of nitrogens with one attached hydrogen (secondary N) is 1. The first-order valence-electron chi connectivity index (χ1n) is 7.26. The van der Waals surface area contributed by atoms with Crippen LogP contribution in [0.15, 0.2) is 29.1 Å². The van der Waals surface area contributed by atoms with Crippen molar-refractivity contribution in [3.8, 4) is 5.75 Å². The second-order valence-electron chi connectivity index (χ2n) is 5.09. The third kappa shape index (κ3) is 2.72. The smallest absolute Gasteiger partial charge is 0.127 e. The van der Waals surface area contributed by atoms with E-state index >= 15 is 0 Å². The predicted molar refractivity (Wildman–Crippen MR) is 82.5 cm³/mol. The van der Waals surface area contributed by atoms with Crippen molar-refractivity contribution in [1.29, 1.82) is 0 Å². The van der Waals surface area contributed by atoms with Gasteiger partial charge in [-0.2, -0.15) is 0 Å². The topological polar surface area (TPSA) is 34.2 Å². The fourth-order valence-electron chi connectivity index (χ4n) is 2.67. The van der Waals surface area contributed by atoms with Gasteiger partial charge in [0.05, 0.1) is 23.9 Å². The summed E-state index contributed by atoms with van der Waals surface area (Å²) in [6, 6.07) is 6.61. The van der Waals surface area contributed by atoms with Gasteiger partial charge in [-0.1, -0.05) is 25.1 Å². The van der Waals surface area contributed by atoms with Gasteiger partial charge in [-0.3, -0.25) is 0 Å². The van der Waals surface area contributed by atoms with E-state index in [9.17, 15) is 0 Å². The van der Waals surface area contributed by atoms with E-state index < -0.39 is 0 Å². The second kappa shape index (κ2) is 6.37. The van der Waals surface area contributed by atoms with Crippen LogP contribution < -0.4 is 10.1 Å². The Balaban J connectivity index is 1.98. The van der Waals surface area contributed by atoms with Crippen LogP contribution in [0.5, 0.6) is 5.75 Å². The Hall–Kier alpha value is -1.39. The van der Waals surface area contributed by atoms with Gasteiger partial charge in [-0.15, -0.1) is 11.3 Å². The molecule has 0 saturated carbocycles. The molecule has 2 heterocycles. The van der Waals surface area contributed by atoms with Gasteiger partial charge in [0.2, 0.25) is 0 Å². The number of thiazole rings is 1. The molecule has 1 aromatic heterocycles. The molecule has 3 nitrogen and oxygen atoms in total. The first kappa shape index (κ1) is 13.6. The number of aryl methyl sites for hydroxylation is 1. The third-order valence-corrected chi connectivity index (χ3v) is 4.23. The molecule has 0 bridgehead atoms. The SMILES string of the molecule is CCCNC(c1cscn1)c1cccc2c1OCCC2. The van der Waals surface area contributed by atoms with E-state index in [1.165, 1.54) is 11.1 Å². The van der Waals surface area contributed by atoms with Crippen molar-refractivity contribution in [2.45, 2.75) is 32.2 Å². The van der Waals surface area contributed by atoms with Crippen LogP contribution in [0.25, 0.3) is 0 Å². The number of aromatic nitrogens is 1. The van der Waals surface area contributed by atoms with Gasteiger partial charge >= 0.3 is 0 Å². The zero-order valence-corrected chi connectivity index (χ0v) is 12.6. The highest BCUT2D eigenvalue weighted by Crippen LogP contribution is 2.35. The van der Waals surface area contributed by atoms with E-state index in [-0.39, 0.29) is 6.04 Å². The number of rotatable bonds is 5. The molecule has 0 aliphatic carbocycles. The summed E-state index contributed by atoms with van der Waals surface area (Å²) in [5.74, 6) is 1.07. The van der Waals surface area contributed by atoms with Crippen LogP contribution in [0.2, 0.25) is 0 Å². The lowest BCUT2D eigenvalue weighted by atomic mass is 9.96. The minimum atomic E-state index is 0.134. The summed E-state index contributed by atoms with van der Waals surface area (Å²) in [6.07, 6.45) is 3.33. The quantitative estimate of drug-likeness (QED) is 0.913. The number of para-hydroxylation sites is 1. The molecule has 0 fully saturated rings. The van der Waals surface area contributed by atoms with Gasteiger partial charge < -0.3 is 10.1 Å². The number of ether oxygens (including phenoxy) is 1. The average molecular weight is 288 g/mol. The molecular formula is C16H20N2OS. The monoisotopic (exact) mass is 288 g/mol. The number of hydrogen-bond acceptors (Lipinski definition) is 4. The highest BCUT2D eigenvalue weighted by atomic mass is 32.1. The first-order valence-corrected chi connectivity index (χ1v) is 8.20. The highest BCUT2D eigenvalue weighted by Gasteiger charge is 2.23. The van der Waals surface area contributed by atoms with Gasteiger partial charge in [0, 0.05) is 10.9 Å². The Morgan fingerprint density at radius 1 is 1.45 bits per heavy atom. The van der Waals surface area contributed by atoms with Gasteiger partial charge in [0.1, 0.15) is 5.75 Å². The van der Waals surface area contributed by atoms with Crippen molar-refractivity contribution in [3.63, 3.8) is 0 Å². The van der Waals surface area contributed by atoms with E-state index in [1.54, 1.807) is 11.3 Å². The Bertz CT molecular complexity index is 554. The van der Waals surface area contributed by atoms with Crippen molar-refractivity contribution in [3.05, 3.63) is 45.9 Å². The first-order chi connectivity index (χ1) is 9.90. The molecule has 1 unspecified atom stereocenters. The van der Waals surface area contributed by atoms with Crippen LogP contribution in [-0.4, -0.2) is 18.1 Å². The van der Waals surface area contributed by atoms with E-state index in [4.69, 9.17) is 4.74 Å². The van der Waals surface area contributed by atoms with Crippen LogP contribution >= 0.6 is 11.3 Å². The summed E-state index contributed by atoms with van der Waals surface area (Å²) >= 11 is 1.64. The Morgan fingerprint density at radius 3 is 3.20 bits per heavy atom. The molecule has 0 spiro atoms. The van der Waals surface area contributed by atoms with Crippen molar-refractivity contribution in [1.82, 2.24) is 10.3 Å². The molecule has 3 rings (SSSR count). The lowest BCUT2D eigenvalue weighted by Crippen LogP contribution is -2.25. The predicted octanol–water partition coefficient (Wildman–Crippen LogP) is 3.56. The number of benzene rings is 1. The minimum Gasteiger partial charge on any atom is -0.493 e. The van der Waals surface area contributed by atoms with Crippen LogP contribution in [-0.2, 0) is 6.42 Å². The lowest BCUT2D eigenvalue weighted by Gasteiger charge is -2.25.